The van der Waals surface area contributed by atoms with Gasteiger partial charge in [0.2, 0.25) is 5.56 Å². The highest BCUT2D eigenvalue weighted by atomic mass is 19.1. The van der Waals surface area contributed by atoms with Crippen LogP contribution in [-0.2, 0) is 6.54 Å². The number of likely N-dealkylation sites (tertiary alicyclic amines) is 1. The molecular formula is C21H26FN3O3. The second kappa shape index (κ2) is 8.67. The lowest BCUT2D eigenvalue weighted by molar-refractivity contribution is -0.00401. The third kappa shape index (κ3) is 5.27. The molecule has 0 saturated carbocycles. The third-order valence-corrected chi connectivity index (χ3v) is 5.17. The molecule has 1 aliphatic rings. The number of rotatable bonds is 5. The largest absolute Gasteiger partial charge is 0.388 e. The smallest absolute Gasteiger partial charge is 0.255 e. The van der Waals surface area contributed by atoms with Crippen LogP contribution in [0.25, 0.3) is 0 Å². The van der Waals surface area contributed by atoms with Crippen LogP contribution in [0.5, 0.6) is 0 Å². The van der Waals surface area contributed by atoms with E-state index in [1.807, 2.05) is 11.9 Å². The number of hydrogen-bond donors (Lipinski definition) is 2. The molecular weight excluding hydrogens is 361 g/mol. The van der Waals surface area contributed by atoms with Crippen molar-refractivity contribution in [1.29, 1.82) is 0 Å². The number of amides is 1. The Balaban J connectivity index is 1.58. The first-order valence-corrected chi connectivity index (χ1v) is 9.48. The van der Waals surface area contributed by atoms with Crippen LogP contribution in [0.3, 0.4) is 0 Å². The summed E-state index contributed by atoms with van der Waals surface area (Å²) in [6, 6.07) is 9.22. The summed E-state index contributed by atoms with van der Waals surface area (Å²) in [5, 5.41) is 11.1. The quantitative estimate of drug-likeness (QED) is 0.823. The number of halogens is 1. The molecule has 2 N–H and O–H groups in total. The maximum absolute atomic E-state index is 13.0. The standard InChI is InChI=1S/C21H26FN3O3/c1-24(14-16-3-6-18(22)7-4-16)15-21(28)9-2-11-25(12-10-21)20(27)17-5-8-19(26)23-13-17/h3-8,13,28H,2,9-12,14-15H2,1H3,(H,23,26)/t21-/m0/s1. The highest BCUT2D eigenvalue weighted by Crippen LogP contribution is 2.24. The molecule has 2 aromatic rings. The van der Waals surface area contributed by atoms with E-state index < -0.39 is 5.60 Å². The van der Waals surface area contributed by atoms with Gasteiger partial charge in [-0.2, -0.15) is 0 Å². The van der Waals surface area contributed by atoms with Gasteiger partial charge in [0, 0.05) is 38.4 Å². The van der Waals surface area contributed by atoms with Gasteiger partial charge in [0.15, 0.2) is 0 Å². The molecule has 0 unspecified atom stereocenters. The molecule has 1 saturated heterocycles. The Morgan fingerprint density at radius 1 is 1.21 bits per heavy atom. The minimum absolute atomic E-state index is 0.139. The molecule has 1 amide bonds. The van der Waals surface area contributed by atoms with Crippen LogP contribution in [0, 0.1) is 5.82 Å². The molecule has 7 heteroatoms. The minimum atomic E-state index is -0.880. The maximum atomic E-state index is 13.0. The van der Waals surface area contributed by atoms with Gasteiger partial charge in [0.1, 0.15) is 5.82 Å². The summed E-state index contributed by atoms with van der Waals surface area (Å²) in [4.78, 5) is 30.1. The lowest BCUT2D eigenvalue weighted by Crippen LogP contribution is -2.42. The summed E-state index contributed by atoms with van der Waals surface area (Å²) in [5.74, 6) is -0.402. The van der Waals surface area contributed by atoms with Gasteiger partial charge in [-0.05, 0) is 50.1 Å². The van der Waals surface area contributed by atoms with E-state index in [0.29, 0.717) is 51.0 Å². The van der Waals surface area contributed by atoms with Crippen LogP contribution in [0.15, 0.2) is 47.4 Å². The molecule has 1 atom stereocenters. The van der Waals surface area contributed by atoms with E-state index in [1.165, 1.54) is 30.5 Å². The van der Waals surface area contributed by atoms with Crippen LogP contribution >= 0.6 is 0 Å². The highest BCUT2D eigenvalue weighted by molar-refractivity contribution is 5.93. The number of aromatic amines is 1. The number of carbonyl (C=O) groups excluding carboxylic acids is 1. The lowest BCUT2D eigenvalue weighted by atomic mass is 9.94. The number of aliphatic hydroxyl groups is 1. The Hall–Kier alpha value is -2.51. The molecule has 28 heavy (non-hydrogen) atoms. The van der Waals surface area contributed by atoms with E-state index in [4.69, 9.17) is 0 Å². The van der Waals surface area contributed by atoms with Gasteiger partial charge in [0.25, 0.3) is 5.91 Å². The average Bonchev–Trinajstić information content (AvgIpc) is 2.85. The van der Waals surface area contributed by atoms with Gasteiger partial charge in [0.05, 0.1) is 11.2 Å². The summed E-state index contributed by atoms with van der Waals surface area (Å²) < 4.78 is 13.0. The monoisotopic (exact) mass is 387 g/mol. The van der Waals surface area contributed by atoms with E-state index in [2.05, 4.69) is 4.98 Å². The summed E-state index contributed by atoms with van der Waals surface area (Å²) in [6.45, 7) is 2.12. The number of pyridine rings is 1. The molecule has 0 aliphatic carbocycles. The number of carbonyl (C=O) groups is 1. The zero-order valence-electron chi connectivity index (χ0n) is 16.0. The van der Waals surface area contributed by atoms with Crippen LogP contribution in [0.2, 0.25) is 0 Å². The zero-order valence-corrected chi connectivity index (χ0v) is 16.0. The summed E-state index contributed by atoms with van der Waals surface area (Å²) in [6.07, 6.45) is 3.22. The molecule has 3 rings (SSSR count). The van der Waals surface area contributed by atoms with Crippen molar-refractivity contribution in [3.8, 4) is 0 Å². The van der Waals surface area contributed by atoms with Crippen molar-refractivity contribution >= 4 is 5.91 Å². The SMILES string of the molecule is CN(Cc1ccc(F)cc1)C[C@]1(O)CCCN(C(=O)c2ccc(=O)[nH]c2)CC1. The summed E-state index contributed by atoms with van der Waals surface area (Å²) in [7, 11) is 1.93. The van der Waals surface area contributed by atoms with E-state index in [1.54, 1.807) is 17.0 Å². The van der Waals surface area contributed by atoms with E-state index >= 15 is 0 Å². The number of hydrogen-bond acceptors (Lipinski definition) is 4. The van der Waals surface area contributed by atoms with Crippen molar-refractivity contribution < 1.29 is 14.3 Å². The fourth-order valence-corrected chi connectivity index (χ4v) is 3.73. The Bertz CT molecular complexity index is 847. The topological polar surface area (TPSA) is 76.6 Å². The Morgan fingerprint density at radius 3 is 2.64 bits per heavy atom. The first-order valence-electron chi connectivity index (χ1n) is 9.48. The molecule has 150 valence electrons. The Kier molecular flexibility index (Phi) is 6.26. The van der Waals surface area contributed by atoms with Gasteiger partial charge in [-0.25, -0.2) is 4.39 Å². The van der Waals surface area contributed by atoms with E-state index in [-0.39, 0.29) is 17.3 Å². The van der Waals surface area contributed by atoms with Crippen molar-refractivity contribution in [1.82, 2.24) is 14.8 Å². The summed E-state index contributed by atoms with van der Waals surface area (Å²) in [5.41, 5.74) is 0.301. The molecule has 1 aliphatic heterocycles. The predicted octanol–water partition coefficient (Wildman–Crippen LogP) is 2.00. The van der Waals surface area contributed by atoms with Gasteiger partial charge < -0.3 is 15.0 Å². The van der Waals surface area contributed by atoms with Gasteiger partial charge >= 0.3 is 0 Å². The fourth-order valence-electron chi connectivity index (χ4n) is 3.73. The summed E-state index contributed by atoms with van der Waals surface area (Å²) >= 11 is 0. The van der Waals surface area contributed by atoms with Crippen LogP contribution in [-0.4, -0.2) is 58.1 Å². The van der Waals surface area contributed by atoms with Crippen molar-refractivity contribution in [2.75, 3.05) is 26.7 Å². The maximum Gasteiger partial charge on any atom is 0.255 e. The Morgan fingerprint density at radius 2 is 1.96 bits per heavy atom. The van der Waals surface area contributed by atoms with Crippen molar-refractivity contribution in [3.63, 3.8) is 0 Å². The van der Waals surface area contributed by atoms with Gasteiger partial charge in [-0.15, -0.1) is 0 Å². The number of benzene rings is 1. The van der Waals surface area contributed by atoms with Crippen molar-refractivity contribution in [3.05, 3.63) is 69.9 Å². The average molecular weight is 387 g/mol. The molecule has 1 aromatic heterocycles. The van der Waals surface area contributed by atoms with Crippen molar-refractivity contribution in [2.24, 2.45) is 0 Å². The molecule has 0 spiro atoms. The second-order valence-corrected chi connectivity index (χ2v) is 7.61. The molecule has 0 radical (unpaired) electrons. The first kappa shape index (κ1) is 20.2. The van der Waals surface area contributed by atoms with Crippen molar-refractivity contribution in [2.45, 2.75) is 31.4 Å². The zero-order chi connectivity index (χ0) is 20.1. The number of aromatic nitrogens is 1. The number of H-pyrrole nitrogens is 1. The second-order valence-electron chi connectivity index (χ2n) is 7.61. The van der Waals surface area contributed by atoms with Crippen LogP contribution in [0.1, 0.15) is 35.2 Å². The van der Waals surface area contributed by atoms with Gasteiger partial charge in [-0.3, -0.25) is 14.5 Å². The van der Waals surface area contributed by atoms with E-state index in [0.717, 1.165) is 5.56 Å². The Labute approximate surface area is 163 Å². The first-order chi connectivity index (χ1) is 13.3. The predicted molar refractivity (Wildman–Crippen MR) is 105 cm³/mol. The fraction of sp³-hybridized carbons (Fsp3) is 0.429. The van der Waals surface area contributed by atoms with Crippen LogP contribution in [0.4, 0.5) is 4.39 Å². The lowest BCUT2D eigenvalue weighted by Gasteiger charge is -2.31. The normalized spacial score (nSPS) is 20.2. The van der Waals surface area contributed by atoms with Crippen LogP contribution < -0.4 is 5.56 Å². The highest BCUT2D eigenvalue weighted by Gasteiger charge is 2.32. The number of nitrogens with zero attached hydrogens (tertiary/aromatic N) is 2. The number of nitrogens with one attached hydrogen (secondary N) is 1. The molecule has 0 bridgehead atoms. The molecule has 6 nitrogen and oxygen atoms in total. The molecule has 2 heterocycles. The molecule has 1 aromatic carbocycles. The van der Waals surface area contributed by atoms with Gasteiger partial charge in [-0.1, -0.05) is 12.1 Å². The third-order valence-electron chi connectivity index (χ3n) is 5.17. The minimum Gasteiger partial charge on any atom is -0.388 e. The van der Waals surface area contributed by atoms with E-state index in [9.17, 15) is 19.1 Å². The molecule has 1 fully saturated rings. The number of likely N-dealkylation sites (N-methyl/N-ethyl adjacent to an activating group) is 1.